The maximum atomic E-state index is 5.40. The summed E-state index contributed by atoms with van der Waals surface area (Å²) in [5.74, 6) is 0.715. The van der Waals surface area contributed by atoms with Gasteiger partial charge in [0.1, 0.15) is 0 Å². The normalized spacial score (nSPS) is 12.0. The van der Waals surface area contributed by atoms with E-state index in [1.165, 1.54) is 49.5 Å². The van der Waals surface area contributed by atoms with E-state index in [0.29, 0.717) is 5.82 Å². The summed E-state index contributed by atoms with van der Waals surface area (Å²) in [6, 6.07) is 71.6. The second-order valence-electron chi connectivity index (χ2n) is 14.1. The van der Waals surface area contributed by atoms with Crippen LogP contribution in [0, 0.1) is 0 Å². The number of anilines is 3. The summed E-state index contributed by atoms with van der Waals surface area (Å²) in [6.45, 7) is 0. The van der Waals surface area contributed by atoms with Gasteiger partial charge in [-0.25, -0.2) is 9.97 Å². The highest BCUT2D eigenvalue weighted by atomic mass is 15.2. The molecule has 1 aromatic heterocycles. The number of rotatable bonds is 5. The van der Waals surface area contributed by atoms with E-state index in [4.69, 9.17) is 9.97 Å². The van der Waals surface area contributed by atoms with E-state index >= 15 is 0 Å². The highest BCUT2D eigenvalue weighted by Crippen LogP contribution is 2.55. The minimum absolute atomic E-state index is 0.715. The van der Waals surface area contributed by atoms with Crippen LogP contribution in [-0.4, -0.2) is 9.97 Å². The highest BCUT2D eigenvalue weighted by molar-refractivity contribution is 6.19. The van der Waals surface area contributed by atoms with Crippen molar-refractivity contribution in [2.75, 3.05) is 4.90 Å². The summed E-state index contributed by atoms with van der Waals surface area (Å²) in [6.07, 6.45) is 0. The molecule has 10 aromatic rings. The van der Waals surface area contributed by atoms with Gasteiger partial charge in [0.15, 0.2) is 5.82 Å². The summed E-state index contributed by atoms with van der Waals surface area (Å²) >= 11 is 0. The summed E-state index contributed by atoms with van der Waals surface area (Å²) in [7, 11) is 0. The molecule has 0 fully saturated rings. The molecule has 0 saturated carbocycles. The Bertz CT molecular complexity index is 3080. The van der Waals surface area contributed by atoms with Crippen LogP contribution in [0.3, 0.4) is 0 Å². The second kappa shape index (κ2) is 12.6. The second-order valence-corrected chi connectivity index (χ2v) is 14.1. The Kier molecular flexibility index (Phi) is 7.17. The molecular weight excluding hydrogens is 667 g/mol. The van der Waals surface area contributed by atoms with Crippen molar-refractivity contribution in [2.24, 2.45) is 0 Å². The number of benzene rings is 9. The predicted molar refractivity (Wildman–Crippen MR) is 230 cm³/mol. The molecule has 3 nitrogen and oxygen atoms in total. The van der Waals surface area contributed by atoms with Crippen molar-refractivity contribution in [3.05, 3.63) is 200 Å². The minimum atomic E-state index is 0.715. The lowest BCUT2D eigenvalue weighted by atomic mass is 9.84. The van der Waals surface area contributed by atoms with Gasteiger partial charge in [-0.15, -0.1) is 0 Å². The number of aromatic nitrogens is 2. The Morgan fingerprint density at radius 1 is 0.364 bits per heavy atom. The van der Waals surface area contributed by atoms with Crippen LogP contribution in [-0.2, 0) is 0 Å². The molecule has 0 saturated heterocycles. The highest BCUT2D eigenvalue weighted by Gasteiger charge is 2.29. The van der Waals surface area contributed by atoms with Gasteiger partial charge in [-0.3, -0.25) is 0 Å². The summed E-state index contributed by atoms with van der Waals surface area (Å²) in [4.78, 5) is 13.1. The fourth-order valence-electron chi connectivity index (χ4n) is 8.44. The molecule has 0 spiro atoms. The van der Waals surface area contributed by atoms with E-state index in [1.807, 2.05) is 0 Å². The first kappa shape index (κ1) is 31.2. The maximum absolute atomic E-state index is 5.40. The number of para-hydroxylation sites is 2. The molecule has 3 heteroatoms. The first-order chi connectivity index (χ1) is 27.3. The van der Waals surface area contributed by atoms with Crippen LogP contribution in [0.15, 0.2) is 200 Å². The van der Waals surface area contributed by atoms with E-state index in [9.17, 15) is 0 Å². The van der Waals surface area contributed by atoms with Crippen LogP contribution in [0.1, 0.15) is 0 Å². The van der Waals surface area contributed by atoms with Gasteiger partial charge in [0.05, 0.1) is 22.6 Å². The van der Waals surface area contributed by atoms with Crippen LogP contribution in [0.4, 0.5) is 17.1 Å². The van der Waals surface area contributed by atoms with Crippen LogP contribution >= 0.6 is 0 Å². The molecule has 2 heterocycles. The van der Waals surface area contributed by atoms with Crippen molar-refractivity contribution in [3.8, 4) is 56.0 Å². The van der Waals surface area contributed by atoms with Crippen molar-refractivity contribution >= 4 is 49.5 Å². The summed E-state index contributed by atoms with van der Waals surface area (Å²) in [5.41, 5.74) is 14.6. The number of hydrogen-bond donors (Lipinski definition) is 0. The van der Waals surface area contributed by atoms with Gasteiger partial charge < -0.3 is 4.90 Å². The molecule has 0 bridgehead atoms. The molecule has 9 aromatic carbocycles. The van der Waals surface area contributed by atoms with Crippen LogP contribution in [0.25, 0.3) is 88.5 Å². The average molecular weight is 700 g/mol. The lowest BCUT2D eigenvalue weighted by molar-refractivity contribution is 1.23. The summed E-state index contributed by atoms with van der Waals surface area (Å²) < 4.78 is 0. The van der Waals surface area contributed by atoms with Crippen LogP contribution < -0.4 is 4.90 Å². The number of nitrogens with zero attached hydrogens (tertiary/aromatic N) is 3. The minimum Gasteiger partial charge on any atom is -0.309 e. The molecule has 256 valence electrons. The van der Waals surface area contributed by atoms with Crippen LogP contribution in [0.2, 0.25) is 0 Å². The maximum Gasteiger partial charge on any atom is 0.161 e. The first-order valence-electron chi connectivity index (χ1n) is 18.7. The Balaban J connectivity index is 1.14. The monoisotopic (exact) mass is 699 g/mol. The molecule has 1 aliphatic heterocycles. The molecule has 1 aliphatic rings. The fraction of sp³-hybridized carbons (Fsp3) is 0. The molecule has 0 atom stereocenters. The van der Waals surface area contributed by atoms with Gasteiger partial charge >= 0.3 is 0 Å². The zero-order valence-corrected chi connectivity index (χ0v) is 29.9. The van der Waals surface area contributed by atoms with E-state index < -0.39 is 0 Å². The van der Waals surface area contributed by atoms with Crippen molar-refractivity contribution in [1.82, 2.24) is 9.97 Å². The van der Waals surface area contributed by atoms with Gasteiger partial charge in [-0.2, -0.15) is 0 Å². The van der Waals surface area contributed by atoms with Gasteiger partial charge in [-0.05, 0) is 86.4 Å². The number of fused-ring (bicyclic) bond motifs is 4. The molecule has 0 radical (unpaired) electrons. The lowest BCUT2D eigenvalue weighted by Crippen LogP contribution is -2.15. The smallest absolute Gasteiger partial charge is 0.161 e. The predicted octanol–water partition coefficient (Wildman–Crippen LogP) is 14.1. The average Bonchev–Trinajstić information content (AvgIpc) is 3.26. The quantitative estimate of drug-likeness (QED) is 0.179. The Hall–Kier alpha value is -7.36. The molecule has 0 N–H and O–H groups in total. The van der Waals surface area contributed by atoms with E-state index in [2.05, 4.69) is 205 Å². The molecular formula is C52H33N3. The Labute approximate surface area is 319 Å². The van der Waals surface area contributed by atoms with Crippen molar-refractivity contribution in [3.63, 3.8) is 0 Å². The van der Waals surface area contributed by atoms with Crippen molar-refractivity contribution < 1.29 is 0 Å². The molecule has 0 aliphatic carbocycles. The topological polar surface area (TPSA) is 29.0 Å². The zero-order valence-electron chi connectivity index (χ0n) is 29.9. The zero-order chi connectivity index (χ0) is 36.3. The standard InChI is InChI=1S/C52H33N3/c1-3-13-34(14-4-1)36-25-28-37(29-26-36)41-20-12-24-47-49(41)45-22-11-21-42-43(31-32-48(50(42)45)55(47)40-17-5-2-6-18-40)52-53-46-23-10-9-19-44(46)51(54-52)39-30-27-35-15-7-8-16-38(35)33-39/h1-33H. The van der Waals surface area contributed by atoms with E-state index in [-0.39, 0.29) is 0 Å². The molecule has 0 amide bonds. The van der Waals surface area contributed by atoms with E-state index in [1.54, 1.807) is 0 Å². The van der Waals surface area contributed by atoms with Crippen molar-refractivity contribution in [2.45, 2.75) is 0 Å². The van der Waals surface area contributed by atoms with E-state index in [0.717, 1.165) is 50.2 Å². The first-order valence-corrected chi connectivity index (χ1v) is 18.7. The van der Waals surface area contributed by atoms with Crippen LogP contribution in [0.5, 0.6) is 0 Å². The van der Waals surface area contributed by atoms with Crippen molar-refractivity contribution in [1.29, 1.82) is 0 Å². The van der Waals surface area contributed by atoms with Gasteiger partial charge in [0, 0.05) is 33.2 Å². The molecule has 55 heavy (non-hydrogen) atoms. The largest absolute Gasteiger partial charge is 0.309 e. The lowest BCUT2D eigenvalue weighted by Gasteiger charge is -2.35. The third-order valence-electron chi connectivity index (χ3n) is 11.0. The third-order valence-corrected chi connectivity index (χ3v) is 11.0. The Morgan fingerprint density at radius 3 is 1.87 bits per heavy atom. The third kappa shape index (κ3) is 5.13. The fourth-order valence-corrected chi connectivity index (χ4v) is 8.44. The number of hydrogen-bond acceptors (Lipinski definition) is 3. The molecule has 0 unspecified atom stereocenters. The van der Waals surface area contributed by atoms with Gasteiger partial charge in [-0.1, -0.05) is 158 Å². The summed E-state index contributed by atoms with van der Waals surface area (Å²) in [5, 5.41) is 5.75. The SMILES string of the molecule is c1ccc(-c2ccc(-c3cccc4c3-c3cccc5c(-c6nc(-c7ccc8ccccc8c7)c7ccccc7n6)ccc(c35)N4c3ccccc3)cc2)cc1. The van der Waals surface area contributed by atoms with Gasteiger partial charge in [0.2, 0.25) is 0 Å². The van der Waals surface area contributed by atoms with Gasteiger partial charge in [0.25, 0.3) is 0 Å². The molecule has 11 rings (SSSR count). The Morgan fingerprint density at radius 2 is 1.02 bits per heavy atom.